The number of nitrogens with zero attached hydrogens (tertiary/aromatic N) is 2. The van der Waals surface area contributed by atoms with Crippen LogP contribution in [-0.4, -0.2) is 33.8 Å². The van der Waals surface area contributed by atoms with Crippen LogP contribution in [0, 0.1) is 0 Å². The summed E-state index contributed by atoms with van der Waals surface area (Å²) in [6.45, 7) is 0. The van der Waals surface area contributed by atoms with Gasteiger partial charge in [0.15, 0.2) is 4.34 Å². The summed E-state index contributed by atoms with van der Waals surface area (Å²) in [4.78, 5) is 23.8. The van der Waals surface area contributed by atoms with Gasteiger partial charge in [-0.15, -0.1) is 10.2 Å². The minimum atomic E-state index is -0.505. The molecular formula is C14H13ClN4O2S2. The number of hydrogen-bond acceptors (Lipinski definition) is 7. The predicted molar refractivity (Wildman–Crippen MR) is 91.2 cm³/mol. The number of hydrogen-bond donors (Lipinski definition) is 2. The minimum Gasteiger partial charge on any atom is -0.357 e. The Morgan fingerprint density at radius 2 is 2.09 bits per heavy atom. The summed E-state index contributed by atoms with van der Waals surface area (Å²) in [5.41, 5.74) is 0.277. The molecule has 1 aliphatic rings. The highest BCUT2D eigenvalue weighted by atomic mass is 35.5. The van der Waals surface area contributed by atoms with Crippen LogP contribution >= 0.6 is 34.7 Å². The van der Waals surface area contributed by atoms with Crippen LogP contribution in [0.15, 0.2) is 28.6 Å². The molecule has 2 N–H and O–H groups in total. The molecule has 0 radical (unpaired) electrons. The summed E-state index contributed by atoms with van der Waals surface area (Å²) >= 11 is 8.57. The predicted octanol–water partition coefficient (Wildman–Crippen LogP) is 2.81. The zero-order valence-electron chi connectivity index (χ0n) is 11.9. The van der Waals surface area contributed by atoms with E-state index in [1.807, 2.05) is 0 Å². The van der Waals surface area contributed by atoms with E-state index in [4.69, 9.17) is 11.6 Å². The van der Waals surface area contributed by atoms with E-state index in [1.165, 1.54) is 23.1 Å². The van der Waals surface area contributed by atoms with Crippen molar-refractivity contribution < 1.29 is 9.59 Å². The van der Waals surface area contributed by atoms with Crippen molar-refractivity contribution in [1.82, 2.24) is 15.5 Å². The average molecular weight is 369 g/mol. The fraction of sp³-hybridized carbons (Fsp3) is 0.286. The fourth-order valence-electron chi connectivity index (χ4n) is 1.73. The van der Waals surface area contributed by atoms with E-state index in [-0.39, 0.29) is 11.3 Å². The van der Waals surface area contributed by atoms with Gasteiger partial charge in [-0.2, -0.15) is 0 Å². The number of nitrogens with one attached hydrogen (secondary N) is 2. The van der Waals surface area contributed by atoms with Crippen LogP contribution in [0.2, 0.25) is 5.02 Å². The first-order chi connectivity index (χ1) is 11.1. The van der Waals surface area contributed by atoms with E-state index < -0.39 is 11.8 Å². The minimum absolute atomic E-state index is 0.0915. The molecule has 6 nitrogen and oxygen atoms in total. The van der Waals surface area contributed by atoms with Gasteiger partial charge in [0, 0.05) is 6.04 Å². The second-order valence-electron chi connectivity index (χ2n) is 4.94. The lowest BCUT2D eigenvalue weighted by Gasteiger charge is -2.04. The summed E-state index contributed by atoms with van der Waals surface area (Å²) in [6, 6.07) is 7.09. The maximum absolute atomic E-state index is 12.0. The van der Waals surface area contributed by atoms with Gasteiger partial charge in [-0.3, -0.25) is 14.9 Å². The van der Waals surface area contributed by atoms with Crippen molar-refractivity contribution in [3.63, 3.8) is 0 Å². The number of benzene rings is 1. The second-order valence-corrected chi connectivity index (χ2v) is 7.54. The lowest BCUT2D eigenvalue weighted by Crippen LogP contribution is -2.32. The molecular weight excluding hydrogens is 356 g/mol. The Labute approximate surface area is 146 Å². The molecule has 1 fully saturated rings. The number of anilines is 1. The summed E-state index contributed by atoms with van der Waals surface area (Å²) in [5.74, 6) is -0.810. The van der Waals surface area contributed by atoms with Crippen LogP contribution in [0.4, 0.5) is 5.13 Å². The highest BCUT2D eigenvalue weighted by Gasteiger charge is 2.22. The Balaban J connectivity index is 1.48. The van der Waals surface area contributed by atoms with Crippen molar-refractivity contribution in [3.05, 3.63) is 34.9 Å². The largest absolute Gasteiger partial charge is 0.357 e. The summed E-state index contributed by atoms with van der Waals surface area (Å²) < 4.78 is 0.688. The van der Waals surface area contributed by atoms with Crippen molar-refractivity contribution in [2.24, 2.45) is 0 Å². The number of carbonyl (C=O) groups excluding carboxylic acids is 2. The summed E-state index contributed by atoms with van der Waals surface area (Å²) in [5, 5.41) is 14.7. The fourth-order valence-corrected chi connectivity index (χ4v) is 3.58. The lowest BCUT2D eigenvalue weighted by atomic mass is 10.2. The molecule has 0 bridgehead atoms. The molecule has 120 valence electrons. The van der Waals surface area contributed by atoms with E-state index >= 15 is 0 Å². The van der Waals surface area contributed by atoms with Crippen LogP contribution in [0.3, 0.4) is 0 Å². The number of imide groups is 1. The Morgan fingerprint density at radius 1 is 1.30 bits per heavy atom. The van der Waals surface area contributed by atoms with Crippen LogP contribution in [0.25, 0.3) is 0 Å². The van der Waals surface area contributed by atoms with Crippen LogP contribution in [-0.2, 0) is 4.79 Å². The Hall–Kier alpha value is -1.64. The maximum atomic E-state index is 12.0. The monoisotopic (exact) mass is 368 g/mol. The molecule has 1 heterocycles. The highest BCUT2D eigenvalue weighted by Crippen LogP contribution is 2.30. The Kier molecular flexibility index (Phi) is 5.14. The van der Waals surface area contributed by atoms with Crippen molar-refractivity contribution >= 4 is 51.6 Å². The molecule has 2 amide bonds. The first-order valence-electron chi connectivity index (χ1n) is 6.93. The number of amides is 2. The Morgan fingerprint density at radius 3 is 2.83 bits per heavy atom. The molecule has 0 aliphatic heterocycles. The van der Waals surface area contributed by atoms with E-state index in [1.54, 1.807) is 24.3 Å². The first-order valence-corrected chi connectivity index (χ1v) is 9.11. The second kappa shape index (κ2) is 7.29. The molecule has 3 rings (SSSR count). The van der Waals surface area contributed by atoms with Gasteiger partial charge in [0.25, 0.3) is 5.91 Å². The quantitative estimate of drug-likeness (QED) is 0.763. The average Bonchev–Trinajstić information content (AvgIpc) is 3.22. The summed E-state index contributed by atoms with van der Waals surface area (Å²) in [7, 11) is 0. The third-order valence-electron chi connectivity index (χ3n) is 3.01. The number of rotatable bonds is 6. The third kappa shape index (κ3) is 4.66. The van der Waals surface area contributed by atoms with Gasteiger partial charge >= 0.3 is 0 Å². The highest BCUT2D eigenvalue weighted by molar-refractivity contribution is 8.01. The zero-order chi connectivity index (χ0) is 16.2. The number of halogens is 1. The SMILES string of the molecule is O=C(CSc1nnc(NC2CC2)s1)NC(=O)c1ccccc1Cl. The Bertz CT molecular complexity index is 733. The van der Waals surface area contributed by atoms with Gasteiger partial charge in [-0.1, -0.05) is 46.8 Å². The van der Waals surface area contributed by atoms with E-state index in [2.05, 4.69) is 20.8 Å². The molecule has 0 unspecified atom stereocenters. The van der Waals surface area contributed by atoms with Crippen LogP contribution < -0.4 is 10.6 Å². The number of thioether (sulfide) groups is 1. The topological polar surface area (TPSA) is 84.0 Å². The van der Waals surface area contributed by atoms with Crippen LogP contribution in [0.5, 0.6) is 0 Å². The molecule has 1 saturated carbocycles. The smallest absolute Gasteiger partial charge is 0.259 e. The molecule has 0 saturated heterocycles. The number of aromatic nitrogens is 2. The van der Waals surface area contributed by atoms with Crippen LogP contribution in [0.1, 0.15) is 23.2 Å². The van der Waals surface area contributed by atoms with Crippen molar-refractivity contribution in [3.8, 4) is 0 Å². The van der Waals surface area contributed by atoms with Crippen molar-refractivity contribution in [2.45, 2.75) is 23.2 Å². The van der Waals surface area contributed by atoms with Crippen molar-refractivity contribution in [1.29, 1.82) is 0 Å². The molecule has 1 aromatic heterocycles. The van der Waals surface area contributed by atoms with E-state index in [9.17, 15) is 9.59 Å². The standard InChI is InChI=1S/C14H13ClN4O2S2/c15-10-4-2-1-3-9(10)12(21)17-11(20)7-22-14-19-18-13(23-14)16-8-5-6-8/h1-4,8H,5-7H2,(H,16,18)(H,17,20,21). The maximum Gasteiger partial charge on any atom is 0.259 e. The molecule has 2 aromatic rings. The molecule has 23 heavy (non-hydrogen) atoms. The van der Waals surface area contributed by atoms with Gasteiger partial charge < -0.3 is 5.32 Å². The normalized spacial score (nSPS) is 13.6. The molecule has 0 spiro atoms. The first kappa shape index (κ1) is 16.2. The van der Waals surface area contributed by atoms with E-state index in [0.717, 1.165) is 18.0 Å². The molecule has 1 aliphatic carbocycles. The van der Waals surface area contributed by atoms with Gasteiger partial charge in [0.2, 0.25) is 11.0 Å². The van der Waals surface area contributed by atoms with Gasteiger partial charge in [0.05, 0.1) is 16.3 Å². The molecule has 9 heteroatoms. The summed E-state index contributed by atoms with van der Waals surface area (Å²) in [6.07, 6.45) is 2.32. The molecule has 1 aromatic carbocycles. The van der Waals surface area contributed by atoms with Gasteiger partial charge in [0.1, 0.15) is 0 Å². The number of carbonyl (C=O) groups is 2. The third-order valence-corrected chi connectivity index (χ3v) is 5.33. The zero-order valence-corrected chi connectivity index (χ0v) is 14.3. The van der Waals surface area contributed by atoms with E-state index in [0.29, 0.717) is 15.4 Å². The lowest BCUT2D eigenvalue weighted by molar-refractivity contribution is -0.117. The molecule has 0 atom stereocenters. The van der Waals surface area contributed by atoms with Gasteiger partial charge in [-0.05, 0) is 25.0 Å². The van der Waals surface area contributed by atoms with Gasteiger partial charge in [-0.25, -0.2) is 0 Å². The van der Waals surface area contributed by atoms with Crippen molar-refractivity contribution in [2.75, 3.05) is 11.1 Å².